The van der Waals surface area contributed by atoms with Gasteiger partial charge in [-0.3, -0.25) is 14.6 Å². The fourth-order valence-corrected chi connectivity index (χ4v) is 3.84. The molecule has 1 saturated heterocycles. The topological polar surface area (TPSA) is 75.9 Å². The number of hydrogen-bond donors (Lipinski definition) is 2. The maximum absolute atomic E-state index is 5.40. The third-order valence-corrected chi connectivity index (χ3v) is 5.35. The lowest BCUT2D eigenvalue weighted by Crippen LogP contribution is -2.44. The van der Waals surface area contributed by atoms with Crippen molar-refractivity contribution >= 4 is 29.9 Å². The number of aromatic nitrogens is 2. The number of likely N-dealkylation sites (tertiary alicyclic amines) is 1. The first-order valence-electron chi connectivity index (χ1n) is 11.1. The van der Waals surface area contributed by atoms with E-state index in [-0.39, 0.29) is 24.0 Å². The SMILES string of the molecule is CCNC(=NCCCn1cc(C)cn1)NC1CCN(Cc2cc(OC)cc(OC)c2)C1.I. The van der Waals surface area contributed by atoms with Gasteiger partial charge < -0.3 is 20.1 Å². The Morgan fingerprint density at radius 1 is 1.22 bits per heavy atom. The maximum Gasteiger partial charge on any atom is 0.191 e. The molecular weight excluding hydrogens is 519 g/mol. The minimum absolute atomic E-state index is 0. The number of nitrogens with zero attached hydrogens (tertiary/aromatic N) is 4. The molecule has 1 atom stereocenters. The monoisotopic (exact) mass is 556 g/mol. The molecule has 8 nitrogen and oxygen atoms in total. The highest BCUT2D eigenvalue weighted by Crippen LogP contribution is 2.24. The van der Waals surface area contributed by atoms with Crippen LogP contribution in [0.3, 0.4) is 0 Å². The lowest BCUT2D eigenvalue weighted by molar-refractivity contribution is 0.321. The number of halogens is 1. The van der Waals surface area contributed by atoms with E-state index in [0.29, 0.717) is 6.04 Å². The molecule has 0 amide bonds. The van der Waals surface area contributed by atoms with Crippen molar-refractivity contribution in [2.75, 3.05) is 40.4 Å². The Hall–Kier alpha value is -2.01. The van der Waals surface area contributed by atoms with Crippen molar-refractivity contribution in [1.82, 2.24) is 25.3 Å². The van der Waals surface area contributed by atoms with Crippen molar-refractivity contribution in [2.45, 2.75) is 45.8 Å². The lowest BCUT2D eigenvalue weighted by Gasteiger charge is -2.19. The smallest absolute Gasteiger partial charge is 0.191 e. The highest BCUT2D eigenvalue weighted by atomic mass is 127. The van der Waals surface area contributed by atoms with E-state index in [1.807, 2.05) is 16.9 Å². The van der Waals surface area contributed by atoms with Crippen LogP contribution in [0, 0.1) is 6.92 Å². The molecule has 178 valence electrons. The molecule has 1 aliphatic rings. The lowest BCUT2D eigenvalue weighted by atomic mass is 10.2. The second kappa shape index (κ2) is 13.5. The van der Waals surface area contributed by atoms with Gasteiger partial charge in [0.25, 0.3) is 0 Å². The third kappa shape index (κ3) is 8.16. The number of hydrogen-bond acceptors (Lipinski definition) is 5. The number of aryl methyl sites for hydroxylation is 2. The Labute approximate surface area is 208 Å². The molecule has 0 bridgehead atoms. The standard InChI is InChI=1S/C23H36N6O2.HI/c1-5-24-23(25-8-6-9-29-15-18(2)14-26-29)27-20-7-10-28(17-20)16-19-11-21(30-3)13-22(12-19)31-4;/h11-15,20H,5-10,16-17H2,1-4H3,(H2,24,25,27);1H. The van der Waals surface area contributed by atoms with Crippen LogP contribution in [0.5, 0.6) is 11.5 Å². The number of benzene rings is 1. The summed E-state index contributed by atoms with van der Waals surface area (Å²) >= 11 is 0. The quantitative estimate of drug-likeness (QED) is 0.203. The van der Waals surface area contributed by atoms with Gasteiger partial charge in [-0.2, -0.15) is 5.10 Å². The Morgan fingerprint density at radius 3 is 2.59 bits per heavy atom. The molecule has 0 radical (unpaired) electrons. The Balaban J connectivity index is 0.00000363. The van der Waals surface area contributed by atoms with Crippen LogP contribution in [-0.4, -0.2) is 67.1 Å². The number of methoxy groups -OCH3 is 2. The summed E-state index contributed by atoms with van der Waals surface area (Å²) in [5, 5.41) is 11.3. The summed E-state index contributed by atoms with van der Waals surface area (Å²) in [5.41, 5.74) is 2.39. The van der Waals surface area contributed by atoms with Crippen LogP contribution >= 0.6 is 24.0 Å². The molecule has 1 fully saturated rings. The number of ether oxygens (including phenoxy) is 2. The molecule has 32 heavy (non-hydrogen) atoms. The van der Waals surface area contributed by atoms with Crippen LogP contribution in [0.25, 0.3) is 0 Å². The molecule has 1 unspecified atom stereocenters. The van der Waals surface area contributed by atoms with E-state index in [2.05, 4.69) is 52.8 Å². The highest BCUT2D eigenvalue weighted by molar-refractivity contribution is 14.0. The summed E-state index contributed by atoms with van der Waals surface area (Å²) in [6.45, 7) is 9.58. The van der Waals surface area contributed by atoms with Crippen molar-refractivity contribution in [1.29, 1.82) is 0 Å². The molecule has 0 aliphatic carbocycles. The van der Waals surface area contributed by atoms with Crippen molar-refractivity contribution in [3.8, 4) is 11.5 Å². The molecule has 0 saturated carbocycles. The van der Waals surface area contributed by atoms with Gasteiger partial charge in [0.05, 0.1) is 20.4 Å². The van der Waals surface area contributed by atoms with Crippen LogP contribution in [0.2, 0.25) is 0 Å². The fourth-order valence-electron chi connectivity index (χ4n) is 3.84. The zero-order valence-corrected chi connectivity index (χ0v) is 22.0. The number of guanidine groups is 1. The molecule has 2 heterocycles. The molecule has 9 heteroatoms. The number of rotatable bonds is 10. The minimum atomic E-state index is 0. The van der Waals surface area contributed by atoms with Crippen LogP contribution in [0.15, 0.2) is 35.6 Å². The normalized spacial score (nSPS) is 16.5. The van der Waals surface area contributed by atoms with Crippen molar-refractivity contribution in [3.05, 3.63) is 41.7 Å². The first-order valence-corrected chi connectivity index (χ1v) is 11.1. The van der Waals surface area contributed by atoms with Gasteiger partial charge in [0.1, 0.15) is 11.5 Å². The minimum Gasteiger partial charge on any atom is -0.497 e. The van der Waals surface area contributed by atoms with E-state index < -0.39 is 0 Å². The van der Waals surface area contributed by atoms with E-state index in [1.54, 1.807) is 14.2 Å². The summed E-state index contributed by atoms with van der Waals surface area (Å²) in [5.74, 6) is 2.55. The molecule has 1 aromatic heterocycles. The summed E-state index contributed by atoms with van der Waals surface area (Å²) in [6.07, 6.45) is 6.02. The molecule has 1 aromatic carbocycles. The van der Waals surface area contributed by atoms with Crippen molar-refractivity contribution in [3.63, 3.8) is 0 Å². The first-order chi connectivity index (χ1) is 15.1. The average molecular weight is 556 g/mol. The van der Waals surface area contributed by atoms with Gasteiger partial charge in [0.2, 0.25) is 0 Å². The zero-order chi connectivity index (χ0) is 22.1. The van der Waals surface area contributed by atoms with E-state index >= 15 is 0 Å². The van der Waals surface area contributed by atoms with Gasteiger partial charge >= 0.3 is 0 Å². The third-order valence-electron chi connectivity index (χ3n) is 5.35. The number of nitrogens with one attached hydrogen (secondary N) is 2. The highest BCUT2D eigenvalue weighted by Gasteiger charge is 2.23. The zero-order valence-electron chi connectivity index (χ0n) is 19.6. The van der Waals surface area contributed by atoms with Gasteiger partial charge in [0.15, 0.2) is 5.96 Å². The van der Waals surface area contributed by atoms with Gasteiger partial charge in [-0.15, -0.1) is 24.0 Å². The van der Waals surface area contributed by atoms with E-state index in [4.69, 9.17) is 14.5 Å². The van der Waals surface area contributed by atoms with Gasteiger partial charge in [0, 0.05) is 57.6 Å². The van der Waals surface area contributed by atoms with Crippen LogP contribution in [0.1, 0.15) is 30.9 Å². The molecule has 1 aliphatic heterocycles. The van der Waals surface area contributed by atoms with Crippen LogP contribution < -0.4 is 20.1 Å². The van der Waals surface area contributed by atoms with E-state index in [0.717, 1.165) is 69.6 Å². The Bertz CT molecular complexity index is 835. The average Bonchev–Trinajstić information content (AvgIpc) is 3.39. The summed E-state index contributed by atoms with van der Waals surface area (Å²) in [4.78, 5) is 7.21. The van der Waals surface area contributed by atoms with Crippen molar-refractivity contribution in [2.24, 2.45) is 4.99 Å². The van der Waals surface area contributed by atoms with Gasteiger partial charge in [-0.05, 0) is 49.9 Å². The van der Waals surface area contributed by atoms with Crippen LogP contribution in [0.4, 0.5) is 0 Å². The van der Waals surface area contributed by atoms with E-state index in [1.165, 1.54) is 11.1 Å². The first kappa shape index (κ1) is 26.2. The summed E-state index contributed by atoms with van der Waals surface area (Å²) < 4.78 is 12.8. The molecule has 2 aromatic rings. The second-order valence-electron chi connectivity index (χ2n) is 7.98. The molecule has 0 spiro atoms. The van der Waals surface area contributed by atoms with Gasteiger partial charge in [-0.1, -0.05) is 0 Å². The maximum atomic E-state index is 5.40. The largest absolute Gasteiger partial charge is 0.497 e. The van der Waals surface area contributed by atoms with Crippen molar-refractivity contribution < 1.29 is 9.47 Å². The van der Waals surface area contributed by atoms with E-state index in [9.17, 15) is 0 Å². The number of aliphatic imine (C=N–C) groups is 1. The predicted octanol–water partition coefficient (Wildman–Crippen LogP) is 3.05. The molecular formula is C23H37IN6O2. The predicted molar refractivity (Wildman–Crippen MR) is 139 cm³/mol. The fraction of sp³-hybridized carbons (Fsp3) is 0.565. The van der Waals surface area contributed by atoms with Gasteiger partial charge in [-0.25, -0.2) is 0 Å². The Morgan fingerprint density at radius 2 is 1.97 bits per heavy atom. The molecule has 3 rings (SSSR count). The molecule has 2 N–H and O–H groups in total. The Kier molecular flexibility index (Phi) is 11.1. The second-order valence-corrected chi connectivity index (χ2v) is 7.98. The van der Waals surface area contributed by atoms with Crippen LogP contribution in [-0.2, 0) is 13.1 Å². The summed E-state index contributed by atoms with van der Waals surface area (Å²) in [7, 11) is 3.37. The summed E-state index contributed by atoms with van der Waals surface area (Å²) in [6, 6.07) is 6.45.